The lowest BCUT2D eigenvalue weighted by Crippen LogP contribution is -1.89. The van der Waals surface area contributed by atoms with Crippen LogP contribution >= 0.6 is 12.6 Å². The van der Waals surface area contributed by atoms with Crippen LogP contribution in [0.4, 0.5) is 0 Å². The van der Waals surface area contributed by atoms with Crippen molar-refractivity contribution in [2.45, 2.75) is 26.7 Å². The van der Waals surface area contributed by atoms with Crippen molar-refractivity contribution in [3.63, 3.8) is 0 Å². The molecule has 0 atom stereocenters. The van der Waals surface area contributed by atoms with Crippen LogP contribution in [0.1, 0.15) is 26.7 Å². The Labute approximate surface area is 51.7 Å². The highest BCUT2D eigenvalue weighted by atomic mass is 32.1. The van der Waals surface area contributed by atoms with E-state index in [0.717, 1.165) is 5.75 Å². The maximum absolute atomic E-state index is 4.80. The van der Waals surface area contributed by atoms with Crippen LogP contribution in [-0.2, 0) is 0 Å². The summed E-state index contributed by atoms with van der Waals surface area (Å²) in [6, 6.07) is 0. The van der Waals surface area contributed by atoms with Crippen LogP contribution in [0.25, 0.3) is 0 Å². The molecule has 0 aromatic rings. The van der Waals surface area contributed by atoms with Crippen molar-refractivity contribution >= 4 is 12.6 Å². The first-order valence-electron chi connectivity index (χ1n) is 2.70. The second-order valence-corrected chi connectivity index (χ2v) is 2.14. The Hall–Kier alpha value is 0.350. The van der Waals surface area contributed by atoms with Gasteiger partial charge in [-0.25, -0.2) is 0 Å². The highest BCUT2D eigenvalue weighted by Gasteiger charge is 1.94. The predicted octanol–water partition coefficient (Wildman–Crippen LogP) is 2.58. The Morgan fingerprint density at radius 1 is 1.57 bits per heavy atom. The fourth-order valence-electron chi connectivity index (χ4n) is 0.499. The molecule has 0 N–H and O–H groups in total. The standard InChI is InChI=1S/C6H12S/c1-3-4-6(2)5-7/h3-5H2,1-2H3. The molecule has 0 saturated carbocycles. The molecule has 0 bridgehead atoms. The van der Waals surface area contributed by atoms with Gasteiger partial charge < -0.3 is 0 Å². The Morgan fingerprint density at radius 2 is 2.14 bits per heavy atom. The average molecular weight is 116 g/mol. The summed E-state index contributed by atoms with van der Waals surface area (Å²) in [5, 5.41) is 0. The first kappa shape index (κ1) is 7.35. The van der Waals surface area contributed by atoms with Gasteiger partial charge in [-0.05, 0) is 12.3 Å². The van der Waals surface area contributed by atoms with Crippen LogP contribution in [0.5, 0.6) is 0 Å². The van der Waals surface area contributed by atoms with E-state index in [2.05, 4.69) is 13.8 Å². The first-order valence-corrected chi connectivity index (χ1v) is 3.28. The molecule has 0 saturated heterocycles. The molecule has 7 heavy (non-hydrogen) atoms. The summed E-state index contributed by atoms with van der Waals surface area (Å²) in [5.41, 5.74) is 0. The number of hydrogen-bond acceptors (Lipinski definition) is 0. The predicted molar refractivity (Wildman–Crippen MR) is 36.3 cm³/mol. The van der Waals surface area contributed by atoms with Gasteiger partial charge in [0.05, 0.1) is 0 Å². The highest BCUT2D eigenvalue weighted by Crippen LogP contribution is 2.07. The van der Waals surface area contributed by atoms with Crippen molar-refractivity contribution in [3.8, 4) is 0 Å². The van der Waals surface area contributed by atoms with E-state index < -0.39 is 0 Å². The van der Waals surface area contributed by atoms with Crippen LogP contribution in [-0.4, -0.2) is 5.75 Å². The third kappa shape index (κ3) is 4.20. The van der Waals surface area contributed by atoms with Crippen molar-refractivity contribution in [3.05, 3.63) is 5.92 Å². The second-order valence-electron chi connectivity index (χ2n) is 1.85. The number of rotatable bonds is 3. The monoisotopic (exact) mass is 116 g/mol. The van der Waals surface area contributed by atoms with Gasteiger partial charge in [-0.2, -0.15) is 0 Å². The van der Waals surface area contributed by atoms with Crippen LogP contribution in [0.15, 0.2) is 0 Å². The van der Waals surface area contributed by atoms with Crippen molar-refractivity contribution in [1.29, 1.82) is 0 Å². The van der Waals surface area contributed by atoms with E-state index in [1.54, 1.807) is 0 Å². The minimum absolute atomic E-state index is 0.841. The molecule has 0 fully saturated rings. The molecule has 0 amide bonds. The van der Waals surface area contributed by atoms with Gasteiger partial charge in [0, 0.05) is 5.75 Å². The molecule has 0 unspecified atom stereocenters. The van der Waals surface area contributed by atoms with Gasteiger partial charge in [-0.15, -0.1) is 0 Å². The van der Waals surface area contributed by atoms with Gasteiger partial charge >= 0.3 is 0 Å². The lowest BCUT2D eigenvalue weighted by atomic mass is 10.1. The largest absolute Gasteiger partial charge is 0.0935 e. The maximum Gasteiger partial charge on any atom is 0.00964 e. The van der Waals surface area contributed by atoms with E-state index >= 15 is 0 Å². The Balaban J connectivity index is 2.83. The molecular formula is C6H12S. The van der Waals surface area contributed by atoms with Crippen LogP contribution in [0, 0.1) is 5.92 Å². The van der Waals surface area contributed by atoms with E-state index in [1.165, 1.54) is 18.8 Å². The third-order valence-corrected chi connectivity index (χ3v) is 1.42. The van der Waals surface area contributed by atoms with Gasteiger partial charge in [0.25, 0.3) is 0 Å². The van der Waals surface area contributed by atoms with Crippen molar-refractivity contribution in [2.24, 2.45) is 0 Å². The summed E-state index contributed by atoms with van der Waals surface area (Å²) in [4.78, 5) is 0. The summed E-state index contributed by atoms with van der Waals surface area (Å²) in [5.74, 6) is 2.28. The molecule has 0 nitrogen and oxygen atoms in total. The maximum atomic E-state index is 4.80. The SMILES string of the molecule is CCC[C](C)C[S]. The Kier molecular flexibility index (Phi) is 4.73. The van der Waals surface area contributed by atoms with E-state index in [0.29, 0.717) is 0 Å². The molecule has 1 heteroatoms. The highest BCUT2D eigenvalue weighted by molar-refractivity contribution is 7.80. The smallest absolute Gasteiger partial charge is 0.00964 e. The van der Waals surface area contributed by atoms with Crippen LogP contribution in [0.3, 0.4) is 0 Å². The molecule has 0 aliphatic carbocycles. The molecule has 0 aromatic carbocycles. The third-order valence-electron chi connectivity index (χ3n) is 0.923. The minimum Gasteiger partial charge on any atom is -0.0935 e. The normalized spacial score (nSPS) is 10.3. The minimum atomic E-state index is 0.841. The van der Waals surface area contributed by atoms with Gasteiger partial charge in [-0.3, -0.25) is 0 Å². The van der Waals surface area contributed by atoms with Gasteiger partial charge in [-0.1, -0.05) is 32.9 Å². The van der Waals surface area contributed by atoms with E-state index in [9.17, 15) is 0 Å². The summed E-state index contributed by atoms with van der Waals surface area (Å²) in [7, 11) is 0. The molecule has 0 aliphatic rings. The van der Waals surface area contributed by atoms with Crippen molar-refractivity contribution < 1.29 is 0 Å². The van der Waals surface area contributed by atoms with Gasteiger partial charge in [0.2, 0.25) is 0 Å². The Morgan fingerprint density at radius 3 is 2.29 bits per heavy atom. The van der Waals surface area contributed by atoms with Crippen LogP contribution < -0.4 is 0 Å². The topological polar surface area (TPSA) is 0 Å². The molecule has 0 heterocycles. The van der Waals surface area contributed by atoms with E-state index in [4.69, 9.17) is 12.6 Å². The quantitative estimate of drug-likeness (QED) is 0.531. The van der Waals surface area contributed by atoms with Crippen molar-refractivity contribution in [1.82, 2.24) is 0 Å². The molecule has 2 radical (unpaired) electrons. The second kappa shape index (κ2) is 4.51. The van der Waals surface area contributed by atoms with Gasteiger partial charge in [0.1, 0.15) is 0 Å². The first-order chi connectivity index (χ1) is 3.31. The zero-order valence-electron chi connectivity index (χ0n) is 5.03. The fourth-order valence-corrected chi connectivity index (χ4v) is 0.643. The number of hydrogen-bond donors (Lipinski definition) is 0. The molecular weight excluding hydrogens is 104 g/mol. The van der Waals surface area contributed by atoms with Crippen LogP contribution in [0.2, 0.25) is 0 Å². The molecule has 0 rings (SSSR count). The Bertz CT molecular complexity index is 35.2. The molecule has 42 valence electrons. The van der Waals surface area contributed by atoms with E-state index in [-0.39, 0.29) is 0 Å². The van der Waals surface area contributed by atoms with Crippen molar-refractivity contribution in [2.75, 3.05) is 5.75 Å². The fraction of sp³-hybridized carbons (Fsp3) is 0.833. The zero-order chi connectivity index (χ0) is 5.70. The zero-order valence-corrected chi connectivity index (χ0v) is 5.85. The molecule has 0 aromatic heterocycles. The summed E-state index contributed by atoms with van der Waals surface area (Å²) >= 11 is 4.80. The summed E-state index contributed by atoms with van der Waals surface area (Å²) in [6.07, 6.45) is 2.45. The van der Waals surface area contributed by atoms with E-state index in [1.807, 2.05) is 0 Å². The van der Waals surface area contributed by atoms with Gasteiger partial charge in [0.15, 0.2) is 0 Å². The average Bonchev–Trinajstić information content (AvgIpc) is 1.68. The lowest BCUT2D eigenvalue weighted by molar-refractivity contribution is 0.814. The summed E-state index contributed by atoms with van der Waals surface area (Å²) in [6.45, 7) is 4.30. The molecule has 0 aliphatic heterocycles. The molecule has 0 spiro atoms. The lowest BCUT2D eigenvalue weighted by Gasteiger charge is -2.00. The summed E-state index contributed by atoms with van der Waals surface area (Å²) < 4.78 is 0.